The van der Waals surface area contributed by atoms with Gasteiger partial charge in [0.25, 0.3) is 0 Å². The molecule has 0 spiro atoms. The maximum atomic E-state index is 12.7. The van der Waals surface area contributed by atoms with E-state index in [4.69, 9.17) is 0 Å². The van der Waals surface area contributed by atoms with Crippen molar-refractivity contribution < 1.29 is 9.36 Å². The van der Waals surface area contributed by atoms with E-state index >= 15 is 0 Å². The summed E-state index contributed by atoms with van der Waals surface area (Å²) in [6.45, 7) is 5.47. The van der Waals surface area contributed by atoms with E-state index in [0.29, 0.717) is 0 Å². The summed E-state index contributed by atoms with van der Waals surface area (Å²) < 4.78 is 16.6. The normalized spacial score (nSPS) is 18.7. The molecule has 0 aromatic heterocycles. The summed E-state index contributed by atoms with van der Waals surface area (Å²) in [5, 5.41) is 5.34. The van der Waals surface area contributed by atoms with Gasteiger partial charge < -0.3 is 10.6 Å². The average Bonchev–Trinajstić information content (AvgIpc) is 3.30. The van der Waals surface area contributed by atoms with Crippen molar-refractivity contribution in [1.29, 1.82) is 0 Å². The maximum Gasteiger partial charge on any atom is 0.323 e. The molecular formula is C14H19N4O2P. The lowest BCUT2D eigenvalue weighted by molar-refractivity contribution is 0.255. The maximum absolute atomic E-state index is 12.7. The van der Waals surface area contributed by atoms with Crippen molar-refractivity contribution in [3.05, 3.63) is 41.8 Å². The van der Waals surface area contributed by atoms with Crippen LogP contribution in [-0.2, 0) is 4.57 Å². The van der Waals surface area contributed by atoms with E-state index in [0.717, 1.165) is 37.4 Å². The summed E-state index contributed by atoms with van der Waals surface area (Å²) in [5.74, 6) is 1.63. The highest BCUT2D eigenvalue weighted by atomic mass is 31.2. The zero-order valence-electron chi connectivity index (χ0n) is 12.0. The van der Waals surface area contributed by atoms with Crippen LogP contribution in [0.2, 0.25) is 0 Å². The number of hydrogen-bond donors (Lipinski definition) is 2. The molecule has 2 fully saturated rings. The topological polar surface area (TPSA) is 64.2 Å². The zero-order chi connectivity index (χ0) is 14.9. The van der Waals surface area contributed by atoms with Crippen LogP contribution in [0.3, 0.4) is 0 Å². The van der Waals surface area contributed by atoms with Gasteiger partial charge in [-0.05, 0) is 19.1 Å². The molecule has 0 aliphatic carbocycles. The fourth-order valence-corrected chi connectivity index (χ4v) is 4.37. The van der Waals surface area contributed by atoms with Crippen LogP contribution in [0.1, 0.15) is 5.56 Å². The first-order valence-corrected chi connectivity index (χ1v) is 8.68. The Hall–Kier alpha value is -1.62. The zero-order valence-corrected chi connectivity index (χ0v) is 12.8. The Labute approximate surface area is 124 Å². The number of hydrogen-bond acceptors (Lipinski definition) is 2. The molecule has 2 aliphatic rings. The van der Waals surface area contributed by atoms with Gasteiger partial charge in [0.05, 0.1) is 0 Å². The molecule has 3 rings (SSSR count). The molecule has 0 bridgehead atoms. The monoisotopic (exact) mass is 306 g/mol. The van der Waals surface area contributed by atoms with E-state index in [-0.39, 0.29) is 6.03 Å². The van der Waals surface area contributed by atoms with Crippen molar-refractivity contribution in [2.75, 3.05) is 31.5 Å². The molecule has 6 nitrogen and oxygen atoms in total. The largest absolute Gasteiger partial charge is 0.323 e. The van der Waals surface area contributed by atoms with Crippen LogP contribution in [0.5, 0.6) is 0 Å². The van der Waals surface area contributed by atoms with E-state index < -0.39 is 7.44 Å². The Morgan fingerprint density at radius 1 is 1.14 bits per heavy atom. The second-order valence-corrected chi connectivity index (χ2v) is 7.88. The van der Waals surface area contributed by atoms with Crippen LogP contribution < -0.4 is 10.6 Å². The van der Waals surface area contributed by atoms with Crippen LogP contribution in [-0.4, -0.2) is 41.6 Å². The second-order valence-electron chi connectivity index (χ2n) is 5.28. The summed E-state index contributed by atoms with van der Waals surface area (Å²) in [5.41, 5.74) is 1.87. The molecule has 1 aromatic carbocycles. The van der Waals surface area contributed by atoms with Crippen LogP contribution in [0, 0.1) is 6.92 Å². The Morgan fingerprint density at radius 2 is 1.71 bits per heavy atom. The minimum Gasteiger partial charge on any atom is -0.314 e. The summed E-state index contributed by atoms with van der Waals surface area (Å²) >= 11 is 0. The molecule has 0 unspecified atom stereocenters. The molecule has 0 saturated carbocycles. The van der Waals surface area contributed by atoms with Crippen molar-refractivity contribution in [2.24, 2.45) is 0 Å². The van der Waals surface area contributed by atoms with Gasteiger partial charge in [0.2, 0.25) is 7.44 Å². The molecule has 2 heterocycles. The first-order chi connectivity index (χ1) is 10.1. The predicted molar refractivity (Wildman–Crippen MR) is 83.2 cm³/mol. The van der Waals surface area contributed by atoms with Gasteiger partial charge in [0.1, 0.15) is 0 Å². The highest BCUT2D eigenvalue weighted by molar-refractivity contribution is 7.62. The standard InChI is InChI=1S/C14H19N4O2P/c1-12-2-4-13(5-3-12)16-14(19)15-6-11-21(20,17-7-8-17)18-9-10-18/h2-6,11H,7-10H2,1H3,(H2,15,16,19)/b11-6+. The lowest BCUT2D eigenvalue weighted by Gasteiger charge is -2.15. The molecule has 2 amide bonds. The molecular weight excluding hydrogens is 287 g/mol. The number of anilines is 1. The molecule has 112 valence electrons. The summed E-state index contributed by atoms with van der Waals surface area (Å²) in [7, 11) is -2.54. The third-order valence-electron chi connectivity index (χ3n) is 3.45. The molecule has 7 heteroatoms. The van der Waals surface area contributed by atoms with Crippen LogP contribution in [0.15, 0.2) is 36.3 Å². The van der Waals surface area contributed by atoms with Crippen molar-refractivity contribution >= 4 is 19.2 Å². The molecule has 21 heavy (non-hydrogen) atoms. The Morgan fingerprint density at radius 3 is 2.24 bits per heavy atom. The number of benzene rings is 1. The Kier molecular flexibility index (Phi) is 3.85. The van der Waals surface area contributed by atoms with Crippen LogP contribution in [0.4, 0.5) is 10.5 Å². The number of urea groups is 1. The van der Waals surface area contributed by atoms with Crippen LogP contribution in [0.25, 0.3) is 0 Å². The fraction of sp³-hybridized carbons (Fsp3) is 0.357. The fourth-order valence-electron chi connectivity index (χ4n) is 2.04. The number of carbonyl (C=O) groups is 1. The third-order valence-corrected chi connectivity index (χ3v) is 6.41. The predicted octanol–water partition coefficient (Wildman–Crippen LogP) is 2.41. The minimum atomic E-state index is -2.54. The Balaban J connectivity index is 1.54. The number of rotatable bonds is 5. The molecule has 0 atom stereocenters. The number of aryl methyl sites for hydroxylation is 1. The van der Waals surface area contributed by atoms with Crippen LogP contribution >= 0.6 is 7.44 Å². The lowest BCUT2D eigenvalue weighted by atomic mass is 10.2. The van der Waals surface area contributed by atoms with Crippen molar-refractivity contribution in [3.8, 4) is 0 Å². The van der Waals surface area contributed by atoms with E-state index in [2.05, 4.69) is 10.6 Å². The van der Waals surface area contributed by atoms with Gasteiger partial charge in [0.15, 0.2) is 0 Å². The molecule has 0 radical (unpaired) electrons. The summed E-state index contributed by atoms with van der Waals surface area (Å²) in [4.78, 5) is 11.8. The van der Waals surface area contributed by atoms with Gasteiger partial charge in [-0.1, -0.05) is 17.7 Å². The van der Waals surface area contributed by atoms with Crippen molar-refractivity contribution in [3.63, 3.8) is 0 Å². The van der Waals surface area contributed by atoms with Crippen molar-refractivity contribution in [1.82, 2.24) is 14.7 Å². The van der Waals surface area contributed by atoms with Gasteiger partial charge in [-0.2, -0.15) is 0 Å². The molecule has 1 aromatic rings. The summed E-state index contributed by atoms with van der Waals surface area (Å²) in [6.07, 6.45) is 1.49. The van der Waals surface area contributed by atoms with Gasteiger partial charge in [-0.25, -0.2) is 14.1 Å². The first-order valence-electron chi connectivity index (χ1n) is 7.00. The number of nitrogens with one attached hydrogen (secondary N) is 2. The molecule has 2 aliphatic heterocycles. The van der Waals surface area contributed by atoms with Crippen molar-refractivity contribution in [2.45, 2.75) is 6.92 Å². The van der Waals surface area contributed by atoms with Gasteiger partial charge in [0, 0.05) is 43.9 Å². The van der Waals surface area contributed by atoms with Gasteiger partial charge in [-0.3, -0.25) is 4.57 Å². The first kappa shape index (κ1) is 14.3. The smallest absolute Gasteiger partial charge is 0.314 e. The summed E-state index contributed by atoms with van der Waals surface area (Å²) in [6, 6.07) is 7.21. The van der Waals surface area contributed by atoms with E-state index in [1.165, 1.54) is 6.20 Å². The number of amides is 2. The number of nitrogens with zero attached hydrogens (tertiary/aromatic N) is 2. The van der Waals surface area contributed by atoms with Gasteiger partial charge in [-0.15, -0.1) is 0 Å². The minimum absolute atomic E-state index is 0.335. The van der Waals surface area contributed by atoms with E-state index in [1.807, 2.05) is 40.5 Å². The second kappa shape index (κ2) is 5.64. The average molecular weight is 306 g/mol. The lowest BCUT2D eigenvalue weighted by Crippen LogP contribution is -2.23. The third kappa shape index (κ3) is 3.53. The Bertz CT molecular complexity index is 590. The SMILES string of the molecule is Cc1ccc(NC(=O)N/C=C/P(=O)(N2CC2)N2CC2)cc1. The van der Waals surface area contributed by atoms with E-state index in [9.17, 15) is 9.36 Å². The number of carbonyl (C=O) groups excluding carboxylic acids is 1. The quantitative estimate of drug-likeness (QED) is 0.648. The highest BCUT2D eigenvalue weighted by Gasteiger charge is 2.45. The highest BCUT2D eigenvalue weighted by Crippen LogP contribution is 2.61. The molecule has 2 N–H and O–H groups in total. The molecule has 2 saturated heterocycles. The van der Waals surface area contributed by atoms with Gasteiger partial charge >= 0.3 is 6.03 Å². The van der Waals surface area contributed by atoms with E-state index in [1.54, 1.807) is 5.82 Å².